The summed E-state index contributed by atoms with van der Waals surface area (Å²) in [6, 6.07) is 11.6. The average Bonchev–Trinajstić information content (AvgIpc) is 2.84. The Morgan fingerprint density at radius 3 is 2.24 bits per heavy atom. The van der Waals surface area contributed by atoms with Gasteiger partial charge in [0.05, 0.1) is 23.0 Å². The summed E-state index contributed by atoms with van der Waals surface area (Å²) in [5.41, 5.74) is 0.0872. The lowest BCUT2D eigenvalue weighted by Crippen LogP contribution is -2.63. The average molecular weight is 538 g/mol. The predicted octanol–water partition coefficient (Wildman–Crippen LogP) is 3.37. The molecule has 0 aromatic heterocycles. The minimum absolute atomic E-state index is 0.0285. The lowest BCUT2D eigenvalue weighted by molar-refractivity contribution is -0.137. The Morgan fingerprint density at radius 1 is 1.00 bits per heavy atom. The summed E-state index contributed by atoms with van der Waals surface area (Å²) >= 11 is 0. The van der Waals surface area contributed by atoms with Gasteiger partial charge >= 0.3 is 6.18 Å². The van der Waals surface area contributed by atoms with Crippen molar-refractivity contribution in [2.75, 3.05) is 25.9 Å². The Bertz CT molecular complexity index is 1230. The van der Waals surface area contributed by atoms with Crippen molar-refractivity contribution in [3.63, 3.8) is 0 Å². The number of benzene rings is 2. The van der Waals surface area contributed by atoms with E-state index in [4.69, 9.17) is 0 Å². The van der Waals surface area contributed by atoms with Crippen LogP contribution in [0.5, 0.6) is 0 Å². The molecule has 200 valence electrons. The normalized spacial score (nSPS) is 21.2. The van der Waals surface area contributed by atoms with Crippen LogP contribution in [0.25, 0.3) is 0 Å². The van der Waals surface area contributed by atoms with Crippen molar-refractivity contribution >= 4 is 21.7 Å². The number of nitrogens with zero attached hydrogens (tertiary/aromatic N) is 1. The fourth-order valence-corrected chi connectivity index (χ4v) is 5.67. The maximum absolute atomic E-state index is 12.8. The van der Waals surface area contributed by atoms with Crippen molar-refractivity contribution in [3.05, 3.63) is 65.2 Å². The Balaban J connectivity index is 1.16. The molecule has 1 saturated carbocycles. The van der Waals surface area contributed by atoms with E-state index in [9.17, 15) is 31.2 Å². The second-order valence-corrected chi connectivity index (χ2v) is 11.8. The molecule has 4 rings (SSSR count). The molecule has 37 heavy (non-hydrogen) atoms. The summed E-state index contributed by atoms with van der Waals surface area (Å²) < 4.78 is 61.8. The van der Waals surface area contributed by atoms with Gasteiger partial charge in [-0.1, -0.05) is 18.2 Å². The summed E-state index contributed by atoms with van der Waals surface area (Å²) in [6.07, 6.45) is 0.718. The fraction of sp³-hybridized carbons (Fsp3) is 0.462. The number of amides is 2. The second-order valence-electron chi connectivity index (χ2n) is 9.83. The molecule has 2 aromatic carbocycles. The van der Waals surface area contributed by atoms with Gasteiger partial charge < -0.3 is 10.6 Å². The van der Waals surface area contributed by atoms with Crippen LogP contribution in [0.15, 0.2) is 53.4 Å². The zero-order valence-corrected chi connectivity index (χ0v) is 21.2. The zero-order valence-electron chi connectivity index (χ0n) is 20.4. The number of halogens is 3. The molecule has 0 bridgehead atoms. The molecule has 0 unspecified atom stereocenters. The number of hydrogen-bond acceptors (Lipinski definition) is 5. The molecule has 2 N–H and O–H groups in total. The van der Waals surface area contributed by atoms with Crippen LogP contribution in [0.1, 0.15) is 53.1 Å². The second kappa shape index (κ2) is 10.8. The number of nitrogens with one attached hydrogen (secondary N) is 2. The van der Waals surface area contributed by atoms with E-state index in [1.54, 1.807) is 12.1 Å². The number of carbonyl (C=O) groups excluding carboxylic acids is 2. The lowest BCUT2D eigenvalue weighted by atomic mass is 9.80. The van der Waals surface area contributed by atoms with Crippen LogP contribution in [-0.4, -0.2) is 63.1 Å². The van der Waals surface area contributed by atoms with Crippen molar-refractivity contribution in [3.8, 4) is 0 Å². The van der Waals surface area contributed by atoms with Crippen LogP contribution in [0.3, 0.4) is 0 Å². The van der Waals surface area contributed by atoms with E-state index >= 15 is 0 Å². The van der Waals surface area contributed by atoms with Crippen LogP contribution in [0.4, 0.5) is 13.2 Å². The first-order valence-corrected chi connectivity index (χ1v) is 14.1. The molecule has 1 aliphatic carbocycles. The molecular weight excluding hydrogens is 507 g/mol. The largest absolute Gasteiger partial charge is 0.416 e. The van der Waals surface area contributed by atoms with Gasteiger partial charge in [0.25, 0.3) is 5.91 Å². The maximum Gasteiger partial charge on any atom is 0.416 e. The highest BCUT2D eigenvalue weighted by Crippen LogP contribution is 2.36. The van der Waals surface area contributed by atoms with Gasteiger partial charge in [-0.15, -0.1) is 0 Å². The summed E-state index contributed by atoms with van der Waals surface area (Å²) in [4.78, 5) is 27.0. The van der Waals surface area contributed by atoms with Crippen LogP contribution >= 0.6 is 0 Å². The molecule has 2 amide bonds. The van der Waals surface area contributed by atoms with Gasteiger partial charge in [0.1, 0.15) is 0 Å². The molecule has 1 saturated heterocycles. The predicted molar refractivity (Wildman–Crippen MR) is 132 cm³/mol. The van der Waals surface area contributed by atoms with Crippen molar-refractivity contribution < 1.29 is 31.2 Å². The minimum atomic E-state index is -4.55. The van der Waals surface area contributed by atoms with Crippen molar-refractivity contribution in [1.82, 2.24) is 15.5 Å². The Labute approximate surface area is 214 Å². The van der Waals surface area contributed by atoms with Crippen molar-refractivity contribution in [2.45, 2.75) is 54.8 Å². The minimum Gasteiger partial charge on any atom is -0.349 e. The molecule has 0 spiro atoms. The number of rotatable bonds is 7. The highest BCUT2D eigenvalue weighted by Gasteiger charge is 2.35. The van der Waals surface area contributed by atoms with E-state index in [-0.39, 0.29) is 24.1 Å². The zero-order chi connectivity index (χ0) is 26.8. The van der Waals surface area contributed by atoms with Gasteiger partial charge in [-0.25, -0.2) is 8.42 Å². The highest BCUT2D eigenvalue weighted by molar-refractivity contribution is 7.90. The van der Waals surface area contributed by atoms with Crippen molar-refractivity contribution in [1.29, 1.82) is 0 Å². The number of hydrogen-bond donors (Lipinski definition) is 2. The van der Waals surface area contributed by atoms with Crippen molar-refractivity contribution in [2.24, 2.45) is 0 Å². The highest BCUT2D eigenvalue weighted by atomic mass is 32.2. The quantitative estimate of drug-likeness (QED) is 0.565. The standard InChI is InChI=1S/C26H30F3N3O4S/c1-37(35,36)23-11-7-18(8-12-23)17-5-9-22(10-6-17)32-15-21(16-32)31-24(33)14-30-25(34)19-3-2-4-20(13-19)26(27,28)29/h2-4,7-8,11-13,17,21-22H,5-6,9-10,14-16H2,1H3,(H,30,34)(H,31,33). The van der Waals surface area contributed by atoms with E-state index in [2.05, 4.69) is 15.5 Å². The van der Waals surface area contributed by atoms with Gasteiger partial charge in [0, 0.05) is 31.0 Å². The Kier molecular flexibility index (Phi) is 7.94. The Morgan fingerprint density at radius 2 is 1.65 bits per heavy atom. The fourth-order valence-electron chi connectivity index (χ4n) is 5.04. The first-order valence-electron chi connectivity index (χ1n) is 12.2. The molecule has 7 nitrogen and oxygen atoms in total. The maximum atomic E-state index is 12.8. The molecular formula is C26H30F3N3O4S. The first kappa shape index (κ1) is 27.1. The number of likely N-dealkylation sites (tertiary alicyclic amines) is 1. The molecule has 11 heteroatoms. The third-order valence-electron chi connectivity index (χ3n) is 7.13. The SMILES string of the molecule is CS(=O)(=O)c1ccc(C2CCC(N3CC(NC(=O)CNC(=O)c4cccc(C(F)(F)F)c4)C3)CC2)cc1. The third kappa shape index (κ3) is 6.89. The number of carbonyl (C=O) groups is 2. The number of sulfone groups is 1. The molecule has 2 aliphatic rings. The van der Waals surface area contributed by atoms with E-state index in [0.29, 0.717) is 29.9 Å². The molecule has 2 aromatic rings. The van der Waals surface area contributed by atoms with Crippen LogP contribution < -0.4 is 10.6 Å². The van der Waals surface area contributed by atoms with Crippen LogP contribution in [-0.2, 0) is 20.8 Å². The van der Waals surface area contributed by atoms with Gasteiger partial charge in [0.2, 0.25) is 5.91 Å². The van der Waals surface area contributed by atoms with Gasteiger partial charge in [-0.2, -0.15) is 13.2 Å². The van der Waals surface area contributed by atoms with Gasteiger partial charge in [-0.05, 0) is 67.5 Å². The summed E-state index contributed by atoms with van der Waals surface area (Å²) in [6.45, 7) is 1.12. The van der Waals surface area contributed by atoms with Gasteiger partial charge in [-0.3, -0.25) is 14.5 Å². The smallest absolute Gasteiger partial charge is 0.349 e. The van der Waals surface area contributed by atoms with Crippen LogP contribution in [0.2, 0.25) is 0 Å². The number of alkyl halides is 3. The van der Waals surface area contributed by atoms with Crippen LogP contribution in [0, 0.1) is 0 Å². The van der Waals surface area contributed by atoms with Gasteiger partial charge in [0.15, 0.2) is 9.84 Å². The molecule has 2 fully saturated rings. The lowest BCUT2D eigenvalue weighted by Gasteiger charge is -2.46. The molecule has 0 atom stereocenters. The molecule has 1 aliphatic heterocycles. The van der Waals surface area contributed by atoms with E-state index in [1.165, 1.54) is 12.3 Å². The topological polar surface area (TPSA) is 95.6 Å². The summed E-state index contributed by atoms with van der Waals surface area (Å²) in [5.74, 6) is -0.715. The van der Waals surface area contributed by atoms with E-state index in [1.807, 2.05) is 12.1 Å². The Hall–Kier alpha value is -2.92. The van der Waals surface area contributed by atoms with E-state index in [0.717, 1.165) is 49.4 Å². The third-order valence-corrected chi connectivity index (χ3v) is 8.26. The summed E-state index contributed by atoms with van der Waals surface area (Å²) in [7, 11) is -3.20. The van der Waals surface area contributed by atoms with E-state index < -0.39 is 27.5 Å². The summed E-state index contributed by atoms with van der Waals surface area (Å²) in [5, 5.41) is 5.23. The molecule has 0 radical (unpaired) electrons. The monoisotopic (exact) mass is 537 g/mol. The molecule has 1 heterocycles. The first-order chi connectivity index (χ1) is 17.4.